The van der Waals surface area contributed by atoms with Crippen molar-refractivity contribution in [2.75, 3.05) is 18.0 Å². The van der Waals surface area contributed by atoms with Gasteiger partial charge in [0.1, 0.15) is 22.8 Å². The quantitative estimate of drug-likeness (QED) is 0.0331. The van der Waals surface area contributed by atoms with E-state index in [0.29, 0.717) is 22.8 Å². The Morgan fingerprint density at radius 3 is 2.05 bits per heavy atom. The summed E-state index contributed by atoms with van der Waals surface area (Å²) in [6.45, 7) is 0.132. The van der Waals surface area contributed by atoms with Gasteiger partial charge in [0, 0.05) is 51.1 Å². The number of aliphatic carboxylic acids is 1. The second kappa shape index (κ2) is 15.9. The summed E-state index contributed by atoms with van der Waals surface area (Å²) in [5, 5.41) is 20.8. The second-order valence-electron chi connectivity index (χ2n) is 13.5. The number of hydrogen-bond donors (Lipinski definition) is 4. The van der Waals surface area contributed by atoms with Crippen molar-refractivity contribution in [2.45, 2.75) is 23.4 Å². The van der Waals surface area contributed by atoms with E-state index in [-0.39, 0.29) is 52.0 Å². The first-order valence-electron chi connectivity index (χ1n) is 18.0. The average molecular weight is 837 g/mol. The molecule has 12 nitrogen and oxygen atoms in total. The first kappa shape index (κ1) is 39.1. The molecule has 0 bridgehead atoms. The third kappa shape index (κ3) is 6.91. The number of thiazole rings is 1. The first-order valence-corrected chi connectivity index (χ1v) is 20.0. The minimum absolute atomic E-state index is 0.0230. The van der Waals surface area contributed by atoms with Gasteiger partial charge in [-0.1, -0.05) is 96.2 Å². The number of oxime groups is 1. The van der Waals surface area contributed by atoms with E-state index in [1.54, 1.807) is 0 Å². The molecule has 8 rings (SSSR count). The first-order chi connectivity index (χ1) is 28.5. The summed E-state index contributed by atoms with van der Waals surface area (Å²) in [7, 11) is 0. The lowest BCUT2D eigenvalue weighted by molar-refractivity contribution is -0.150. The molecule has 0 unspecified atom stereocenters. The number of carbonyl (C=O) groups is 4. The number of carboxylic acids is 1. The maximum absolute atomic E-state index is 15.4. The summed E-state index contributed by atoms with van der Waals surface area (Å²) in [5.41, 5.74) is 4.73. The van der Waals surface area contributed by atoms with Gasteiger partial charge in [-0.2, -0.15) is 0 Å². The van der Waals surface area contributed by atoms with E-state index >= 15 is 4.39 Å². The maximum atomic E-state index is 15.4. The molecule has 2 saturated heterocycles. The SMILES string of the molecule is Nc1nc(C(=NOC(c2ccccc2)(c2ccccc2)c2ccccc2)C(=O)N[C@@H]2C(=O)N3C(C(=O)O)=C(C(=C4CCNC4=O)c4ccc(F)c(F)c4F)CS[C@H]23)cs1. The van der Waals surface area contributed by atoms with E-state index in [0.717, 1.165) is 34.1 Å². The summed E-state index contributed by atoms with van der Waals surface area (Å²) in [6, 6.07) is 28.1. The van der Waals surface area contributed by atoms with Gasteiger partial charge in [0.05, 0.1) is 0 Å². The Labute approximate surface area is 342 Å². The second-order valence-corrected chi connectivity index (χ2v) is 15.5. The fourth-order valence-corrected chi connectivity index (χ4v) is 9.30. The number of carbonyl (C=O) groups excluding carboxylic acids is 3. The largest absolute Gasteiger partial charge is 0.477 e. The molecular weight excluding hydrogens is 806 g/mol. The topological polar surface area (TPSA) is 176 Å². The van der Waals surface area contributed by atoms with Gasteiger partial charge in [-0.15, -0.1) is 23.1 Å². The molecule has 4 aromatic carbocycles. The number of benzene rings is 4. The van der Waals surface area contributed by atoms with Crippen molar-refractivity contribution in [1.82, 2.24) is 20.5 Å². The molecule has 59 heavy (non-hydrogen) atoms. The number of nitrogens with zero attached hydrogens (tertiary/aromatic N) is 3. The van der Waals surface area contributed by atoms with Gasteiger partial charge >= 0.3 is 5.97 Å². The number of nitrogen functional groups attached to an aromatic ring is 1. The standard InChI is InChI=1S/C42H31F3N6O6S2/c43-28-17-16-25(31(44)32(28)45)30(26-18-19-47-36(26)52)27-20-58-39-34(38(54)51(39)35(27)40(55)56)49-37(53)33(29-21-59-41(46)48-29)50-57-42(22-10-4-1-5-11-22,23-12-6-2-7-13-23)24-14-8-3-9-15-24/h1-17,21,34,39H,18-20H2,(H2,46,48)(H,47,52)(H,49,53)(H,55,56)/t34-,39-/m1/s1. The Morgan fingerprint density at radius 2 is 1.53 bits per heavy atom. The van der Waals surface area contributed by atoms with Crippen molar-refractivity contribution >= 4 is 63.2 Å². The Morgan fingerprint density at radius 1 is 0.915 bits per heavy atom. The van der Waals surface area contributed by atoms with Crippen LogP contribution in [0.5, 0.6) is 0 Å². The highest BCUT2D eigenvalue weighted by Crippen LogP contribution is 2.46. The van der Waals surface area contributed by atoms with E-state index in [4.69, 9.17) is 10.6 Å². The van der Waals surface area contributed by atoms with Crippen LogP contribution in [0.1, 0.15) is 34.4 Å². The van der Waals surface area contributed by atoms with Crippen LogP contribution < -0.4 is 16.4 Å². The van der Waals surface area contributed by atoms with Crippen molar-refractivity contribution < 1.29 is 42.3 Å². The predicted molar refractivity (Wildman–Crippen MR) is 214 cm³/mol. The molecule has 2 fully saturated rings. The van der Waals surface area contributed by atoms with Crippen molar-refractivity contribution in [2.24, 2.45) is 5.16 Å². The zero-order valence-corrected chi connectivity index (χ0v) is 32.2. The Hall–Kier alpha value is -6.72. The molecule has 3 aliphatic rings. The van der Waals surface area contributed by atoms with Crippen LogP contribution in [0, 0.1) is 17.5 Å². The number of nitrogens with two attached hydrogens (primary N) is 1. The Balaban J connectivity index is 1.17. The van der Waals surface area contributed by atoms with E-state index in [2.05, 4.69) is 20.8 Å². The van der Waals surface area contributed by atoms with Crippen LogP contribution in [0.2, 0.25) is 0 Å². The molecule has 0 radical (unpaired) electrons. The third-order valence-corrected chi connectivity index (χ3v) is 12.0. The van der Waals surface area contributed by atoms with E-state index in [1.807, 2.05) is 91.0 Å². The molecular formula is C42H31F3N6O6S2. The molecule has 2 atom stereocenters. The monoisotopic (exact) mass is 836 g/mol. The molecule has 0 spiro atoms. The minimum Gasteiger partial charge on any atom is -0.477 e. The summed E-state index contributed by atoms with van der Waals surface area (Å²) in [4.78, 5) is 65.9. The number of rotatable bonds is 11. The van der Waals surface area contributed by atoms with Crippen molar-refractivity contribution in [3.8, 4) is 0 Å². The number of halogens is 3. The summed E-state index contributed by atoms with van der Waals surface area (Å²) < 4.78 is 44.0. The van der Waals surface area contributed by atoms with Crippen LogP contribution >= 0.6 is 23.1 Å². The van der Waals surface area contributed by atoms with Crippen molar-refractivity contribution in [1.29, 1.82) is 0 Å². The fourth-order valence-electron chi connectivity index (χ4n) is 7.40. The van der Waals surface area contributed by atoms with Gasteiger partial charge in [-0.05, 0) is 24.1 Å². The summed E-state index contributed by atoms with van der Waals surface area (Å²) in [5.74, 6) is -9.11. The minimum atomic E-state index is -1.81. The van der Waals surface area contributed by atoms with Crippen LogP contribution in [-0.2, 0) is 29.6 Å². The molecule has 3 amide bonds. The Kier molecular flexibility index (Phi) is 10.5. The summed E-state index contributed by atoms with van der Waals surface area (Å²) in [6.07, 6.45) is 0.0230. The van der Waals surface area contributed by atoms with E-state index in [1.165, 1.54) is 5.38 Å². The molecule has 17 heteroatoms. The lowest BCUT2D eigenvalue weighted by atomic mass is 9.80. The number of anilines is 1. The third-order valence-electron chi connectivity index (χ3n) is 10.1. The predicted octanol–water partition coefficient (Wildman–Crippen LogP) is 5.57. The molecule has 0 saturated carbocycles. The van der Waals surface area contributed by atoms with Gasteiger partial charge in [0.25, 0.3) is 11.8 Å². The number of amides is 3. The van der Waals surface area contributed by atoms with Crippen LogP contribution in [0.4, 0.5) is 18.3 Å². The number of carboxylic acid groups (broad SMARTS) is 1. The van der Waals surface area contributed by atoms with Crippen LogP contribution in [0.3, 0.4) is 0 Å². The number of aromatic nitrogens is 1. The van der Waals surface area contributed by atoms with Crippen molar-refractivity contribution in [3.63, 3.8) is 0 Å². The van der Waals surface area contributed by atoms with Crippen molar-refractivity contribution in [3.05, 3.63) is 171 Å². The van der Waals surface area contributed by atoms with Gasteiger partial charge in [-0.3, -0.25) is 19.3 Å². The molecule has 4 heterocycles. The van der Waals surface area contributed by atoms with E-state index < -0.39 is 69.4 Å². The zero-order chi connectivity index (χ0) is 41.4. The zero-order valence-electron chi connectivity index (χ0n) is 30.5. The smallest absolute Gasteiger partial charge is 0.352 e. The highest BCUT2D eigenvalue weighted by molar-refractivity contribution is 8.00. The molecule has 298 valence electrons. The number of allylic oxidation sites excluding steroid dienone is 1. The molecule has 1 aromatic heterocycles. The lowest BCUT2D eigenvalue weighted by Gasteiger charge is -2.49. The van der Waals surface area contributed by atoms with E-state index in [9.17, 15) is 33.1 Å². The van der Waals surface area contributed by atoms with Gasteiger partial charge in [0.2, 0.25) is 11.5 Å². The fraction of sp³-hybridized carbons (Fsp3) is 0.143. The Bertz CT molecular complexity index is 2510. The molecule has 0 aliphatic carbocycles. The number of hydrogen-bond acceptors (Lipinski definition) is 10. The van der Waals surface area contributed by atoms with Gasteiger partial charge < -0.3 is 26.3 Å². The van der Waals surface area contributed by atoms with Gasteiger partial charge in [-0.25, -0.2) is 22.9 Å². The normalized spacial score (nSPS) is 18.8. The highest BCUT2D eigenvalue weighted by atomic mass is 32.2. The molecule has 3 aliphatic heterocycles. The summed E-state index contributed by atoms with van der Waals surface area (Å²) >= 11 is 2.07. The van der Waals surface area contributed by atoms with Gasteiger partial charge in [0.15, 0.2) is 28.3 Å². The number of nitrogens with one attached hydrogen (secondary N) is 2. The van der Waals surface area contributed by atoms with Crippen LogP contribution in [-0.4, -0.2) is 68.1 Å². The molecule has 5 aromatic rings. The number of fused-ring (bicyclic) bond motifs is 1. The average Bonchev–Trinajstić information content (AvgIpc) is 3.89. The number of thioether (sulfide) groups is 1. The van der Waals surface area contributed by atoms with Crippen LogP contribution in [0.15, 0.2) is 131 Å². The maximum Gasteiger partial charge on any atom is 0.352 e. The van der Waals surface area contributed by atoms with Crippen LogP contribution in [0.25, 0.3) is 5.57 Å². The molecule has 5 N–H and O–H groups in total. The highest BCUT2D eigenvalue weighted by Gasteiger charge is 2.55. The lowest BCUT2D eigenvalue weighted by Crippen LogP contribution is -2.71. The number of β-lactam (4-membered cyclic amide) rings is 1.